The number of carboxylic acids is 1. The fraction of sp³-hybridized carbons (Fsp3) is 0.667. The molecular formula is C18H28N4O4. The Balaban J connectivity index is 1.77. The minimum Gasteiger partial charge on any atom is -0.481 e. The molecule has 0 saturated heterocycles. The lowest BCUT2D eigenvalue weighted by molar-refractivity contribution is -0.137. The summed E-state index contributed by atoms with van der Waals surface area (Å²) in [6.45, 7) is 0.422. The van der Waals surface area contributed by atoms with Crippen LogP contribution in [0.2, 0.25) is 0 Å². The number of nitrogens with zero attached hydrogens (tertiary/aromatic N) is 4. The first-order chi connectivity index (χ1) is 12.4. The van der Waals surface area contributed by atoms with E-state index in [1.54, 1.807) is 25.0 Å². The Labute approximate surface area is 152 Å². The Morgan fingerprint density at radius 3 is 2.19 bits per heavy atom. The molecule has 0 unspecified atom stereocenters. The number of unbranched alkanes of at least 4 members (excludes halogenated alkanes) is 7. The predicted octanol–water partition coefficient (Wildman–Crippen LogP) is 2.03. The highest BCUT2D eigenvalue weighted by Crippen LogP contribution is 2.10. The van der Waals surface area contributed by atoms with Crippen LogP contribution >= 0.6 is 0 Å². The summed E-state index contributed by atoms with van der Waals surface area (Å²) >= 11 is 0. The number of fused-ring (bicyclic) bond motifs is 1. The van der Waals surface area contributed by atoms with Crippen LogP contribution in [-0.4, -0.2) is 29.8 Å². The number of imidazole rings is 1. The summed E-state index contributed by atoms with van der Waals surface area (Å²) in [6.07, 6.45) is 9.58. The summed E-state index contributed by atoms with van der Waals surface area (Å²) in [5, 5.41) is 8.57. The van der Waals surface area contributed by atoms with Crippen molar-refractivity contribution in [1.29, 1.82) is 0 Å². The standard InChI is InChI=1S/C18H28N4O4/c1-20-13-19-16-15(20)17(25)22(18(26)21(16)2)12-10-8-6-4-3-5-7-9-11-14(23)24/h13H,3-12H2,1-2H3,(H,23,24). The zero-order valence-electron chi connectivity index (χ0n) is 15.6. The first kappa shape index (κ1) is 19.9. The smallest absolute Gasteiger partial charge is 0.332 e. The van der Waals surface area contributed by atoms with Crippen molar-refractivity contribution in [3.05, 3.63) is 27.2 Å². The Kier molecular flexibility index (Phi) is 7.17. The molecule has 0 aromatic carbocycles. The minimum atomic E-state index is -0.726. The van der Waals surface area contributed by atoms with Crippen molar-refractivity contribution >= 4 is 17.1 Å². The largest absolute Gasteiger partial charge is 0.481 e. The van der Waals surface area contributed by atoms with Crippen LogP contribution in [0.3, 0.4) is 0 Å². The molecule has 26 heavy (non-hydrogen) atoms. The van der Waals surface area contributed by atoms with Crippen LogP contribution < -0.4 is 11.2 Å². The molecule has 0 aliphatic carbocycles. The number of aliphatic carboxylic acids is 1. The molecule has 144 valence electrons. The summed E-state index contributed by atoms with van der Waals surface area (Å²) < 4.78 is 4.38. The van der Waals surface area contributed by atoms with E-state index in [1.165, 1.54) is 9.13 Å². The predicted molar refractivity (Wildman–Crippen MR) is 99.4 cm³/mol. The van der Waals surface area contributed by atoms with Gasteiger partial charge in [-0.15, -0.1) is 0 Å². The van der Waals surface area contributed by atoms with Gasteiger partial charge in [-0.2, -0.15) is 0 Å². The van der Waals surface area contributed by atoms with Gasteiger partial charge in [0.05, 0.1) is 6.33 Å². The van der Waals surface area contributed by atoms with Gasteiger partial charge in [0.1, 0.15) is 0 Å². The first-order valence-corrected chi connectivity index (χ1v) is 9.26. The topological polar surface area (TPSA) is 99.1 Å². The average Bonchev–Trinajstić information content (AvgIpc) is 2.99. The highest BCUT2D eigenvalue weighted by atomic mass is 16.4. The van der Waals surface area contributed by atoms with E-state index in [0.29, 0.717) is 17.7 Å². The van der Waals surface area contributed by atoms with Gasteiger partial charge in [0.25, 0.3) is 5.56 Å². The highest BCUT2D eigenvalue weighted by Gasteiger charge is 2.14. The molecule has 0 fully saturated rings. The Morgan fingerprint density at radius 1 is 1.00 bits per heavy atom. The van der Waals surface area contributed by atoms with Crippen molar-refractivity contribution in [2.75, 3.05) is 0 Å². The van der Waals surface area contributed by atoms with Crippen LogP contribution in [0, 0.1) is 0 Å². The molecule has 0 amide bonds. The van der Waals surface area contributed by atoms with Crippen LogP contribution in [0.25, 0.3) is 11.2 Å². The molecule has 1 N–H and O–H groups in total. The number of rotatable bonds is 11. The Bertz CT molecular complexity index is 862. The van der Waals surface area contributed by atoms with Crippen LogP contribution in [0.15, 0.2) is 15.9 Å². The van der Waals surface area contributed by atoms with E-state index in [9.17, 15) is 14.4 Å². The Morgan fingerprint density at radius 2 is 1.58 bits per heavy atom. The van der Waals surface area contributed by atoms with E-state index in [1.807, 2.05) is 0 Å². The molecular weight excluding hydrogens is 336 g/mol. The van der Waals surface area contributed by atoms with E-state index in [0.717, 1.165) is 51.4 Å². The fourth-order valence-corrected chi connectivity index (χ4v) is 3.20. The van der Waals surface area contributed by atoms with Gasteiger partial charge in [-0.3, -0.25) is 18.7 Å². The second-order valence-electron chi connectivity index (χ2n) is 6.80. The Hall–Kier alpha value is -2.38. The third-order valence-electron chi connectivity index (χ3n) is 4.72. The normalized spacial score (nSPS) is 11.3. The maximum absolute atomic E-state index is 12.5. The lowest BCUT2D eigenvalue weighted by atomic mass is 10.1. The van der Waals surface area contributed by atoms with Gasteiger partial charge in [-0.1, -0.05) is 38.5 Å². The molecule has 0 aliphatic rings. The van der Waals surface area contributed by atoms with E-state index >= 15 is 0 Å². The summed E-state index contributed by atoms with van der Waals surface area (Å²) in [5.41, 5.74) is 0.274. The molecule has 8 nitrogen and oxygen atoms in total. The van der Waals surface area contributed by atoms with Gasteiger partial charge in [-0.05, 0) is 12.8 Å². The van der Waals surface area contributed by atoms with Gasteiger partial charge in [-0.25, -0.2) is 9.78 Å². The van der Waals surface area contributed by atoms with E-state index in [2.05, 4.69) is 4.98 Å². The number of carboxylic acid groups (broad SMARTS) is 1. The van der Waals surface area contributed by atoms with Crippen molar-refractivity contribution < 1.29 is 9.90 Å². The van der Waals surface area contributed by atoms with Crippen molar-refractivity contribution in [3.63, 3.8) is 0 Å². The molecule has 0 spiro atoms. The summed E-state index contributed by atoms with van der Waals surface area (Å²) in [4.78, 5) is 39.4. The summed E-state index contributed by atoms with van der Waals surface area (Å²) in [5.74, 6) is -0.726. The molecule has 2 rings (SSSR count). The second kappa shape index (κ2) is 9.35. The first-order valence-electron chi connectivity index (χ1n) is 9.26. The van der Waals surface area contributed by atoms with Crippen LogP contribution in [0.1, 0.15) is 57.8 Å². The van der Waals surface area contributed by atoms with Crippen LogP contribution in [0.5, 0.6) is 0 Å². The van der Waals surface area contributed by atoms with Gasteiger partial charge < -0.3 is 9.67 Å². The van der Waals surface area contributed by atoms with Gasteiger partial charge in [0, 0.05) is 27.1 Å². The van der Waals surface area contributed by atoms with Crippen molar-refractivity contribution in [2.45, 2.75) is 64.3 Å². The SMILES string of the molecule is Cn1cnc2c1c(=O)n(CCCCCCCCCCC(=O)O)c(=O)n2C. The lowest BCUT2D eigenvalue weighted by Gasteiger charge is -2.08. The van der Waals surface area contributed by atoms with E-state index in [-0.39, 0.29) is 17.7 Å². The number of hydrogen-bond donors (Lipinski definition) is 1. The average molecular weight is 364 g/mol. The molecule has 0 aliphatic heterocycles. The van der Waals surface area contributed by atoms with E-state index in [4.69, 9.17) is 5.11 Å². The molecule has 0 bridgehead atoms. The third kappa shape index (κ3) is 4.83. The molecule has 2 aromatic rings. The van der Waals surface area contributed by atoms with Gasteiger partial charge in [0.2, 0.25) is 0 Å². The van der Waals surface area contributed by atoms with Gasteiger partial charge in [0.15, 0.2) is 11.2 Å². The number of aromatic nitrogens is 4. The van der Waals surface area contributed by atoms with Crippen LogP contribution in [-0.2, 0) is 25.4 Å². The fourth-order valence-electron chi connectivity index (χ4n) is 3.20. The molecule has 2 aromatic heterocycles. The second-order valence-corrected chi connectivity index (χ2v) is 6.80. The van der Waals surface area contributed by atoms with Crippen molar-refractivity contribution in [3.8, 4) is 0 Å². The minimum absolute atomic E-state index is 0.255. The summed E-state index contributed by atoms with van der Waals surface area (Å²) in [6, 6.07) is 0. The quantitative estimate of drug-likeness (QED) is 0.615. The molecule has 0 atom stereocenters. The third-order valence-corrected chi connectivity index (χ3v) is 4.72. The highest BCUT2D eigenvalue weighted by molar-refractivity contribution is 5.69. The van der Waals surface area contributed by atoms with Crippen LogP contribution in [0.4, 0.5) is 0 Å². The number of hydrogen-bond acceptors (Lipinski definition) is 4. The summed E-state index contributed by atoms with van der Waals surface area (Å²) in [7, 11) is 3.39. The lowest BCUT2D eigenvalue weighted by Crippen LogP contribution is -2.39. The molecule has 2 heterocycles. The number of aryl methyl sites for hydroxylation is 2. The monoisotopic (exact) mass is 364 g/mol. The van der Waals surface area contributed by atoms with E-state index < -0.39 is 5.97 Å². The maximum Gasteiger partial charge on any atom is 0.332 e. The zero-order chi connectivity index (χ0) is 19.1. The zero-order valence-corrected chi connectivity index (χ0v) is 15.6. The molecule has 0 radical (unpaired) electrons. The maximum atomic E-state index is 12.5. The van der Waals surface area contributed by atoms with Crippen molar-refractivity contribution in [1.82, 2.24) is 18.7 Å². The van der Waals surface area contributed by atoms with Crippen molar-refractivity contribution in [2.24, 2.45) is 14.1 Å². The molecule has 0 saturated carbocycles. The number of carbonyl (C=O) groups is 1. The van der Waals surface area contributed by atoms with Gasteiger partial charge >= 0.3 is 11.7 Å². The molecule has 8 heteroatoms.